The zero-order valence-corrected chi connectivity index (χ0v) is 11.7. The lowest BCUT2D eigenvalue weighted by Gasteiger charge is -2.14. The number of hydrogen-bond donors (Lipinski definition) is 1. The van der Waals surface area contributed by atoms with Crippen LogP contribution in [0.5, 0.6) is 0 Å². The third-order valence-corrected chi connectivity index (χ3v) is 3.63. The van der Waals surface area contributed by atoms with Crippen LogP contribution >= 0.6 is 11.8 Å². The maximum atomic E-state index is 11.7. The van der Waals surface area contributed by atoms with Gasteiger partial charge in [-0.25, -0.2) is 0 Å². The normalized spacial score (nSPS) is 14.2. The minimum absolute atomic E-state index is 0.0190. The number of ether oxygens (including phenoxy) is 1. The average molecular weight is 275 g/mol. The van der Waals surface area contributed by atoms with Crippen molar-refractivity contribution in [2.45, 2.75) is 18.2 Å². The Kier molecular flexibility index (Phi) is 5.10. The maximum Gasteiger partial charge on any atom is 0.230 e. The van der Waals surface area contributed by atoms with Gasteiger partial charge in [0.25, 0.3) is 0 Å². The quantitative estimate of drug-likeness (QED) is 0.839. The number of thioether (sulfide) groups is 1. The van der Waals surface area contributed by atoms with E-state index < -0.39 is 0 Å². The van der Waals surface area contributed by atoms with Crippen LogP contribution < -0.4 is 5.32 Å². The highest BCUT2D eigenvalue weighted by Crippen LogP contribution is 2.16. The number of benzene rings is 1. The third-order valence-electron chi connectivity index (χ3n) is 2.62. The Morgan fingerprint density at radius 3 is 2.84 bits per heavy atom. The second kappa shape index (κ2) is 7.04. The highest BCUT2D eigenvalue weighted by Gasteiger charge is 2.07. The van der Waals surface area contributed by atoms with Crippen LogP contribution in [0, 0.1) is 0 Å². The SMILES string of the molecule is CC1=CCC=C(CNC(=O)CSc2ccccc2)O1. The Bertz CT molecular complexity index is 494. The zero-order valence-electron chi connectivity index (χ0n) is 10.9. The molecule has 19 heavy (non-hydrogen) atoms. The van der Waals surface area contributed by atoms with Gasteiger partial charge in [0.1, 0.15) is 5.76 Å². The Morgan fingerprint density at radius 2 is 2.11 bits per heavy atom. The molecule has 100 valence electrons. The fourth-order valence-electron chi connectivity index (χ4n) is 1.66. The van der Waals surface area contributed by atoms with E-state index in [1.54, 1.807) is 0 Å². The minimum atomic E-state index is 0.0190. The van der Waals surface area contributed by atoms with Crippen LogP contribution in [0.25, 0.3) is 0 Å². The van der Waals surface area contributed by atoms with Gasteiger partial charge in [0, 0.05) is 4.90 Å². The molecule has 0 aromatic heterocycles. The predicted molar refractivity (Wildman–Crippen MR) is 77.7 cm³/mol. The summed E-state index contributed by atoms with van der Waals surface area (Å²) in [6, 6.07) is 9.90. The first-order valence-corrected chi connectivity index (χ1v) is 7.21. The lowest BCUT2D eigenvalue weighted by molar-refractivity contribution is -0.118. The molecule has 1 heterocycles. The van der Waals surface area contributed by atoms with Crippen molar-refractivity contribution in [3.63, 3.8) is 0 Å². The van der Waals surface area contributed by atoms with E-state index in [2.05, 4.69) is 5.32 Å². The van der Waals surface area contributed by atoms with Crippen LogP contribution in [0.15, 0.2) is 58.9 Å². The summed E-state index contributed by atoms with van der Waals surface area (Å²) in [6.45, 7) is 2.37. The molecule has 1 aromatic rings. The van der Waals surface area contributed by atoms with Crippen molar-refractivity contribution < 1.29 is 9.53 Å². The largest absolute Gasteiger partial charge is 0.465 e. The summed E-state index contributed by atoms with van der Waals surface area (Å²) in [5.41, 5.74) is 0. The van der Waals surface area contributed by atoms with Crippen molar-refractivity contribution in [2.75, 3.05) is 12.3 Å². The van der Waals surface area contributed by atoms with E-state index in [1.807, 2.05) is 49.4 Å². The number of carbonyl (C=O) groups excluding carboxylic acids is 1. The summed E-state index contributed by atoms with van der Waals surface area (Å²) in [4.78, 5) is 12.8. The number of allylic oxidation sites excluding steroid dienone is 3. The molecular weight excluding hydrogens is 258 g/mol. The van der Waals surface area contributed by atoms with Gasteiger partial charge < -0.3 is 10.1 Å². The molecule has 0 saturated carbocycles. The van der Waals surface area contributed by atoms with Gasteiger partial charge in [-0.1, -0.05) is 18.2 Å². The van der Waals surface area contributed by atoms with Crippen molar-refractivity contribution in [1.29, 1.82) is 0 Å². The number of nitrogens with one attached hydrogen (secondary N) is 1. The van der Waals surface area contributed by atoms with Gasteiger partial charge in [-0.2, -0.15) is 0 Å². The standard InChI is InChI=1S/C15H17NO2S/c1-12-6-5-7-13(18-12)10-16-15(17)11-19-14-8-3-2-4-9-14/h2-4,6-9H,5,10-11H2,1H3,(H,16,17). The molecule has 1 aliphatic heterocycles. The molecule has 0 unspecified atom stereocenters. The van der Waals surface area contributed by atoms with Crippen LogP contribution in [-0.2, 0) is 9.53 Å². The number of carbonyl (C=O) groups is 1. The third kappa shape index (κ3) is 4.83. The lowest BCUT2D eigenvalue weighted by Crippen LogP contribution is -2.28. The molecule has 2 rings (SSSR count). The first-order chi connectivity index (χ1) is 9.24. The Morgan fingerprint density at radius 1 is 1.32 bits per heavy atom. The predicted octanol–water partition coefficient (Wildman–Crippen LogP) is 3.10. The molecule has 0 aliphatic carbocycles. The minimum Gasteiger partial charge on any atom is -0.465 e. The van der Waals surface area contributed by atoms with E-state index in [0.29, 0.717) is 12.3 Å². The average Bonchev–Trinajstić information content (AvgIpc) is 2.44. The summed E-state index contributed by atoms with van der Waals surface area (Å²) in [5.74, 6) is 2.15. The molecule has 1 aromatic carbocycles. The summed E-state index contributed by atoms with van der Waals surface area (Å²) in [5, 5.41) is 2.86. The van der Waals surface area contributed by atoms with Gasteiger partial charge in [0.2, 0.25) is 5.91 Å². The number of amides is 1. The van der Waals surface area contributed by atoms with Gasteiger partial charge in [0.15, 0.2) is 0 Å². The maximum absolute atomic E-state index is 11.7. The molecule has 0 fully saturated rings. The van der Waals surface area contributed by atoms with Crippen molar-refractivity contribution in [1.82, 2.24) is 5.32 Å². The van der Waals surface area contributed by atoms with Gasteiger partial charge in [-0.05, 0) is 37.6 Å². The fraction of sp³-hybridized carbons (Fsp3) is 0.267. The monoisotopic (exact) mass is 275 g/mol. The van der Waals surface area contributed by atoms with Gasteiger partial charge in [-0.3, -0.25) is 4.79 Å². The molecule has 0 saturated heterocycles. The van der Waals surface area contributed by atoms with Crippen molar-refractivity contribution in [3.05, 3.63) is 54.0 Å². The topological polar surface area (TPSA) is 38.3 Å². The number of rotatable bonds is 5. The molecule has 0 radical (unpaired) electrons. The Labute approximate surface area is 117 Å². The van der Waals surface area contributed by atoms with Crippen LogP contribution in [0.2, 0.25) is 0 Å². The van der Waals surface area contributed by atoms with Gasteiger partial charge in [0.05, 0.1) is 18.1 Å². The van der Waals surface area contributed by atoms with Crippen molar-refractivity contribution >= 4 is 17.7 Å². The van der Waals surface area contributed by atoms with E-state index in [1.165, 1.54) is 11.8 Å². The highest BCUT2D eigenvalue weighted by molar-refractivity contribution is 8.00. The molecule has 1 amide bonds. The molecule has 0 spiro atoms. The van der Waals surface area contributed by atoms with Crippen LogP contribution in [0.3, 0.4) is 0 Å². The summed E-state index contributed by atoms with van der Waals surface area (Å²) in [7, 11) is 0. The molecule has 0 bridgehead atoms. The van der Waals surface area contributed by atoms with E-state index >= 15 is 0 Å². The van der Waals surface area contributed by atoms with Crippen molar-refractivity contribution in [2.24, 2.45) is 0 Å². The number of hydrogen-bond acceptors (Lipinski definition) is 3. The van der Waals surface area contributed by atoms with E-state index in [0.717, 1.165) is 22.8 Å². The molecule has 1 aliphatic rings. The van der Waals surface area contributed by atoms with E-state index in [4.69, 9.17) is 4.74 Å². The molecule has 1 N–H and O–H groups in total. The highest BCUT2D eigenvalue weighted by atomic mass is 32.2. The second-order valence-corrected chi connectivity index (χ2v) is 5.25. The van der Waals surface area contributed by atoms with Gasteiger partial charge >= 0.3 is 0 Å². The summed E-state index contributed by atoms with van der Waals surface area (Å²) < 4.78 is 5.50. The Balaban J connectivity index is 1.69. The summed E-state index contributed by atoms with van der Waals surface area (Å²) >= 11 is 1.53. The second-order valence-electron chi connectivity index (χ2n) is 4.20. The van der Waals surface area contributed by atoms with Crippen molar-refractivity contribution in [3.8, 4) is 0 Å². The molecular formula is C15H17NO2S. The Hall–Kier alpha value is -1.68. The molecule has 3 nitrogen and oxygen atoms in total. The molecule has 0 atom stereocenters. The first kappa shape index (κ1) is 13.7. The van der Waals surface area contributed by atoms with Crippen LogP contribution in [0.4, 0.5) is 0 Å². The smallest absolute Gasteiger partial charge is 0.230 e. The van der Waals surface area contributed by atoms with Crippen LogP contribution in [-0.4, -0.2) is 18.2 Å². The van der Waals surface area contributed by atoms with Gasteiger partial charge in [-0.15, -0.1) is 11.8 Å². The molecule has 4 heteroatoms. The van der Waals surface area contributed by atoms with E-state index in [9.17, 15) is 4.79 Å². The zero-order chi connectivity index (χ0) is 13.5. The fourth-order valence-corrected chi connectivity index (χ4v) is 2.41. The van der Waals surface area contributed by atoms with E-state index in [-0.39, 0.29) is 5.91 Å². The lowest BCUT2D eigenvalue weighted by atomic mass is 10.2. The van der Waals surface area contributed by atoms with Crippen LogP contribution in [0.1, 0.15) is 13.3 Å². The summed E-state index contributed by atoms with van der Waals surface area (Å²) in [6.07, 6.45) is 4.87. The first-order valence-electron chi connectivity index (χ1n) is 6.22.